The molecule has 2 fully saturated rings. The third-order valence-corrected chi connectivity index (χ3v) is 6.24. The van der Waals surface area contributed by atoms with Crippen molar-refractivity contribution in [3.05, 3.63) is 36.4 Å². The van der Waals surface area contributed by atoms with Gasteiger partial charge in [-0.3, -0.25) is 20.0 Å². The van der Waals surface area contributed by atoms with Crippen LogP contribution in [0.2, 0.25) is 0 Å². The fourth-order valence-electron chi connectivity index (χ4n) is 4.59. The minimum absolute atomic E-state index is 0.0241. The first-order valence-electron chi connectivity index (χ1n) is 10.6. The van der Waals surface area contributed by atoms with E-state index in [-0.39, 0.29) is 24.2 Å². The van der Waals surface area contributed by atoms with E-state index in [9.17, 15) is 18.8 Å². The second-order valence-electron chi connectivity index (χ2n) is 8.86. The molecule has 0 saturated carbocycles. The molecule has 32 heavy (non-hydrogen) atoms. The van der Waals surface area contributed by atoms with Crippen LogP contribution in [-0.2, 0) is 9.59 Å². The molecule has 10 heteroatoms. The molecule has 1 aromatic heterocycles. The van der Waals surface area contributed by atoms with Crippen LogP contribution < -0.4 is 15.5 Å². The average molecular weight is 442 g/mol. The number of H-pyrrole nitrogens is 1. The van der Waals surface area contributed by atoms with Gasteiger partial charge in [-0.05, 0) is 44.0 Å². The van der Waals surface area contributed by atoms with Crippen LogP contribution in [0.15, 0.2) is 30.6 Å². The molecule has 9 nitrogen and oxygen atoms in total. The fourth-order valence-corrected chi connectivity index (χ4v) is 4.59. The van der Waals surface area contributed by atoms with Crippen molar-refractivity contribution in [2.24, 2.45) is 5.92 Å². The molecule has 0 spiro atoms. The van der Waals surface area contributed by atoms with Crippen LogP contribution in [0.25, 0.3) is 11.1 Å². The molecule has 0 radical (unpaired) electrons. The maximum absolute atomic E-state index is 14.3. The maximum Gasteiger partial charge on any atom is 0.322 e. The lowest BCUT2D eigenvalue weighted by molar-refractivity contribution is -0.137. The summed E-state index contributed by atoms with van der Waals surface area (Å²) in [5.74, 6) is -1.25. The summed E-state index contributed by atoms with van der Waals surface area (Å²) in [6.07, 6.45) is 3.58. The summed E-state index contributed by atoms with van der Waals surface area (Å²) < 4.78 is 14.3. The summed E-state index contributed by atoms with van der Waals surface area (Å²) in [5.41, 5.74) is 1.20. The van der Waals surface area contributed by atoms with Gasteiger partial charge in [-0.25, -0.2) is 9.18 Å². The number of imide groups is 1. The maximum atomic E-state index is 14.3. The van der Waals surface area contributed by atoms with E-state index >= 15 is 0 Å². The Balaban J connectivity index is 1.43. The number of anilines is 1. The third-order valence-electron chi connectivity index (χ3n) is 6.24. The number of nitrogens with one attached hydrogen (secondary N) is 3. The van der Waals surface area contributed by atoms with E-state index in [2.05, 4.69) is 25.7 Å². The number of urea groups is 1. The lowest BCUT2D eigenvalue weighted by atomic mass is 9.89. The zero-order valence-corrected chi connectivity index (χ0v) is 18.3. The number of nitrogens with zero attached hydrogens (tertiary/aromatic N) is 3. The summed E-state index contributed by atoms with van der Waals surface area (Å²) in [4.78, 5) is 40.5. The first kappa shape index (κ1) is 21.8. The summed E-state index contributed by atoms with van der Waals surface area (Å²) in [7, 11) is 0. The van der Waals surface area contributed by atoms with Gasteiger partial charge in [-0.15, -0.1) is 0 Å². The summed E-state index contributed by atoms with van der Waals surface area (Å²) >= 11 is 0. The monoisotopic (exact) mass is 442 g/mol. The van der Waals surface area contributed by atoms with Gasteiger partial charge in [0.05, 0.1) is 6.20 Å². The quantitative estimate of drug-likeness (QED) is 0.613. The highest BCUT2D eigenvalue weighted by Crippen LogP contribution is 2.29. The van der Waals surface area contributed by atoms with Crippen molar-refractivity contribution in [3.8, 4) is 11.1 Å². The van der Waals surface area contributed by atoms with Crippen molar-refractivity contribution in [1.29, 1.82) is 0 Å². The Hall–Kier alpha value is -3.43. The van der Waals surface area contributed by atoms with Crippen LogP contribution in [-0.4, -0.2) is 64.2 Å². The number of hydrogen-bond acceptors (Lipinski definition) is 5. The Morgan fingerprint density at radius 2 is 2.06 bits per heavy atom. The molecule has 4 rings (SSSR count). The first-order chi connectivity index (χ1) is 15.2. The van der Waals surface area contributed by atoms with Crippen LogP contribution in [0, 0.1) is 11.7 Å². The predicted molar refractivity (Wildman–Crippen MR) is 116 cm³/mol. The van der Waals surface area contributed by atoms with E-state index in [4.69, 9.17) is 0 Å². The second kappa shape index (κ2) is 8.25. The molecule has 3 heterocycles. The number of aromatic nitrogens is 2. The Morgan fingerprint density at radius 3 is 2.69 bits per heavy atom. The van der Waals surface area contributed by atoms with E-state index in [0.29, 0.717) is 19.6 Å². The number of piperazine rings is 1. The van der Waals surface area contributed by atoms with Gasteiger partial charge in [0.15, 0.2) is 0 Å². The van der Waals surface area contributed by atoms with E-state index in [1.807, 2.05) is 13.0 Å². The molecule has 2 aromatic rings. The van der Waals surface area contributed by atoms with Crippen LogP contribution in [0.3, 0.4) is 0 Å². The number of halogens is 1. The van der Waals surface area contributed by atoms with Gasteiger partial charge >= 0.3 is 6.03 Å². The van der Waals surface area contributed by atoms with Crippen molar-refractivity contribution in [1.82, 2.24) is 25.7 Å². The number of carbonyl (C=O) groups is 3. The molecular formula is C22H27FN6O3. The number of rotatable bonds is 5. The molecule has 2 aliphatic heterocycles. The molecule has 2 unspecified atom stereocenters. The minimum atomic E-state index is -1.09. The van der Waals surface area contributed by atoms with Crippen molar-refractivity contribution >= 4 is 23.5 Å². The summed E-state index contributed by atoms with van der Waals surface area (Å²) in [6, 6.07) is 4.34. The van der Waals surface area contributed by atoms with E-state index < -0.39 is 23.4 Å². The van der Waals surface area contributed by atoms with Gasteiger partial charge in [-0.1, -0.05) is 6.92 Å². The van der Waals surface area contributed by atoms with Crippen LogP contribution in [0.4, 0.5) is 14.9 Å². The highest BCUT2D eigenvalue weighted by atomic mass is 19.1. The standard InChI is InChI=1S/C22H27FN6O3/c1-13(9-22(3)20(31)26-21(32)27-22)19(30)28-4-5-29(14(2)12-28)18-7-15(6-17(23)8-18)16-10-24-25-11-16/h6-8,10-11,13-14H,4-5,9,12H2,1-3H3,(H,24,25)(H2,26,27,31,32)/t13?,14-,22?/m0/s1. The number of carbonyl (C=O) groups excluding carboxylic acids is 3. The fraction of sp³-hybridized carbons (Fsp3) is 0.455. The molecule has 2 saturated heterocycles. The van der Waals surface area contributed by atoms with Crippen LogP contribution in [0.5, 0.6) is 0 Å². The van der Waals surface area contributed by atoms with Gasteiger partial charge in [-0.2, -0.15) is 5.10 Å². The SMILES string of the molecule is CC(CC1(C)NC(=O)NC1=O)C(=O)N1CCN(c2cc(F)cc(-c3cn[nH]c3)c2)[C@@H](C)C1. The van der Waals surface area contributed by atoms with E-state index in [1.165, 1.54) is 12.1 Å². The molecule has 3 atom stereocenters. The number of aromatic amines is 1. The van der Waals surface area contributed by atoms with E-state index in [0.717, 1.165) is 16.8 Å². The molecule has 170 valence electrons. The predicted octanol–water partition coefficient (Wildman–Crippen LogP) is 1.88. The van der Waals surface area contributed by atoms with Gasteiger partial charge in [0, 0.05) is 49.0 Å². The smallest absolute Gasteiger partial charge is 0.322 e. The Bertz CT molecular complexity index is 1040. The lowest BCUT2D eigenvalue weighted by Gasteiger charge is -2.42. The topological polar surface area (TPSA) is 110 Å². The third kappa shape index (κ3) is 4.17. The number of benzene rings is 1. The molecule has 0 bridgehead atoms. The van der Waals surface area contributed by atoms with Crippen molar-refractivity contribution in [2.45, 2.75) is 38.8 Å². The molecular weight excluding hydrogens is 415 g/mol. The number of hydrogen-bond donors (Lipinski definition) is 3. The zero-order valence-electron chi connectivity index (χ0n) is 18.3. The van der Waals surface area contributed by atoms with E-state index in [1.54, 1.807) is 31.1 Å². The number of amides is 4. The minimum Gasteiger partial charge on any atom is -0.365 e. The summed E-state index contributed by atoms with van der Waals surface area (Å²) in [5, 5.41) is 11.5. The average Bonchev–Trinajstić information content (AvgIpc) is 3.35. The highest BCUT2D eigenvalue weighted by molar-refractivity contribution is 6.07. The zero-order chi connectivity index (χ0) is 23.0. The van der Waals surface area contributed by atoms with Crippen molar-refractivity contribution in [3.63, 3.8) is 0 Å². The largest absolute Gasteiger partial charge is 0.365 e. The van der Waals surface area contributed by atoms with Crippen LogP contribution >= 0.6 is 0 Å². The Morgan fingerprint density at radius 1 is 1.28 bits per heavy atom. The van der Waals surface area contributed by atoms with Gasteiger partial charge < -0.3 is 15.1 Å². The van der Waals surface area contributed by atoms with Gasteiger partial charge in [0.1, 0.15) is 11.4 Å². The van der Waals surface area contributed by atoms with Crippen molar-refractivity contribution in [2.75, 3.05) is 24.5 Å². The first-order valence-corrected chi connectivity index (χ1v) is 10.6. The van der Waals surface area contributed by atoms with Gasteiger partial charge in [0.2, 0.25) is 5.91 Å². The Kier molecular flexibility index (Phi) is 5.62. The lowest BCUT2D eigenvalue weighted by Crippen LogP contribution is -2.55. The molecule has 4 amide bonds. The molecule has 3 N–H and O–H groups in total. The Labute approximate surface area is 185 Å². The van der Waals surface area contributed by atoms with Crippen molar-refractivity contribution < 1.29 is 18.8 Å². The second-order valence-corrected chi connectivity index (χ2v) is 8.86. The highest BCUT2D eigenvalue weighted by Gasteiger charge is 2.44. The summed E-state index contributed by atoms with van der Waals surface area (Å²) in [6.45, 7) is 6.92. The molecule has 0 aliphatic carbocycles. The van der Waals surface area contributed by atoms with Gasteiger partial charge in [0.25, 0.3) is 5.91 Å². The van der Waals surface area contributed by atoms with Crippen LogP contribution in [0.1, 0.15) is 27.2 Å². The normalized spacial score (nSPS) is 24.3. The molecule has 2 aliphatic rings. The molecule has 1 aromatic carbocycles.